The quantitative estimate of drug-likeness (QED) is 0.100. The second kappa shape index (κ2) is 25.1. The first kappa shape index (κ1) is 54.4. The molecule has 2 N–H and O–H groups in total. The summed E-state index contributed by atoms with van der Waals surface area (Å²) in [7, 11) is 0. The van der Waals surface area contributed by atoms with Gasteiger partial charge in [-0.1, -0.05) is 158 Å². The highest BCUT2D eigenvalue weighted by atomic mass is 79.9. The number of fused-ring (bicyclic) bond motifs is 6. The fraction of sp³-hybridized carbons (Fsp3) is 0.367. The van der Waals surface area contributed by atoms with E-state index < -0.39 is 23.1 Å². The standard InChI is InChI=1S/2C30H34NO4.2BrH/c2*32-29(30(33,26-12-6-2-7-13-26)22-24-10-4-1-5-11-24)35-28-23-31(18-16-25(28)17-19-31)20-21-34-27-14-8-3-9-15-27;;/h2*1-15,25,28,33H,16-23H2;2*1H/q2*+1;;/p-2/t2*25?,28-,30?,31?;;/m00../s1. The Morgan fingerprint density at radius 1 is 0.444 bits per heavy atom. The number of aliphatic hydroxyl groups is 2. The molecule has 6 saturated heterocycles. The van der Waals surface area contributed by atoms with Crippen molar-refractivity contribution >= 4 is 11.9 Å². The molecule has 0 saturated carbocycles. The number of esters is 2. The maximum atomic E-state index is 13.6. The Hall–Kier alpha value is -5.34. The second-order valence-electron chi connectivity index (χ2n) is 20.1. The average molecular weight is 1110 g/mol. The van der Waals surface area contributed by atoms with Gasteiger partial charge in [0.2, 0.25) is 0 Å². The number of para-hydroxylation sites is 2. The molecule has 0 aromatic heterocycles. The number of rotatable bonds is 18. The van der Waals surface area contributed by atoms with E-state index >= 15 is 0 Å². The lowest BCUT2D eigenvalue weighted by molar-refractivity contribution is -0.946. The van der Waals surface area contributed by atoms with Crippen molar-refractivity contribution in [2.24, 2.45) is 11.8 Å². The third-order valence-electron chi connectivity index (χ3n) is 15.5. The summed E-state index contributed by atoms with van der Waals surface area (Å²) in [5.74, 6) is 1.37. The van der Waals surface area contributed by atoms with Crippen molar-refractivity contribution in [3.05, 3.63) is 204 Å². The van der Waals surface area contributed by atoms with Crippen molar-refractivity contribution in [1.82, 2.24) is 0 Å². The predicted molar refractivity (Wildman–Crippen MR) is 270 cm³/mol. The van der Waals surface area contributed by atoms with Crippen LogP contribution in [0.5, 0.6) is 11.5 Å². The Morgan fingerprint density at radius 2 is 0.736 bits per heavy atom. The third-order valence-corrected chi connectivity index (χ3v) is 15.5. The third kappa shape index (κ3) is 13.2. The Bertz CT molecular complexity index is 2390. The van der Waals surface area contributed by atoms with E-state index in [-0.39, 0.29) is 59.0 Å². The normalized spacial score (nSPS) is 24.2. The Balaban J connectivity index is 0.000000206. The van der Waals surface area contributed by atoms with E-state index in [0.717, 1.165) is 110 Å². The number of quaternary nitrogens is 2. The number of hydrogen-bond donors (Lipinski definition) is 2. The highest BCUT2D eigenvalue weighted by molar-refractivity contribution is 5.82. The lowest BCUT2D eigenvalue weighted by Gasteiger charge is -2.52. The van der Waals surface area contributed by atoms with Gasteiger partial charge in [-0.3, -0.25) is 0 Å². The summed E-state index contributed by atoms with van der Waals surface area (Å²) >= 11 is 0. The number of carbonyl (C=O) groups excluding carboxylic acids is 2. The highest BCUT2D eigenvalue weighted by Gasteiger charge is 2.52. The van der Waals surface area contributed by atoms with Crippen LogP contribution < -0.4 is 43.4 Å². The minimum absolute atomic E-state index is 0. The van der Waals surface area contributed by atoms with E-state index in [4.69, 9.17) is 18.9 Å². The molecule has 10 nitrogen and oxygen atoms in total. The summed E-state index contributed by atoms with van der Waals surface area (Å²) in [4.78, 5) is 27.2. The van der Waals surface area contributed by atoms with Crippen molar-refractivity contribution in [2.75, 3.05) is 65.6 Å². The van der Waals surface area contributed by atoms with Crippen molar-refractivity contribution < 1.29 is 81.7 Å². The van der Waals surface area contributed by atoms with Crippen molar-refractivity contribution in [1.29, 1.82) is 0 Å². The number of benzene rings is 6. The smallest absolute Gasteiger partial charge is 0.343 e. The molecular formula is C60H68Br2N2O8. The molecule has 4 bridgehead atoms. The van der Waals surface area contributed by atoms with Crippen LogP contribution in [-0.4, -0.2) is 109 Å². The minimum Gasteiger partial charge on any atom is -1.00 e. The van der Waals surface area contributed by atoms with E-state index in [1.54, 1.807) is 24.3 Å². The maximum absolute atomic E-state index is 13.6. The van der Waals surface area contributed by atoms with Crippen molar-refractivity contribution in [3.8, 4) is 11.5 Å². The number of halogens is 2. The topological polar surface area (TPSA) is 112 Å². The molecule has 0 radical (unpaired) electrons. The number of carbonyl (C=O) groups is 2. The molecule has 6 fully saturated rings. The van der Waals surface area contributed by atoms with Crippen LogP contribution in [0, 0.1) is 11.8 Å². The Kier molecular flexibility index (Phi) is 18.9. The van der Waals surface area contributed by atoms with Gasteiger partial charge in [0.1, 0.15) is 50.9 Å². The predicted octanol–water partition coefficient (Wildman–Crippen LogP) is 2.70. The molecule has 4 atom stereocenters. The number of nitrogens with zero attached hydrogens (tertiary/aromatic N) is 2. The molecule has 380 valence electrons. The van der Waals surface area contributed by atoms with Gasteiger partial charge in [-0.05, 0) is 46.5 Å². The van der Waals surface area contributed by atoms with Gasteiger partial charge in [0, 0.05) is 50.4 Å². The summed E-state index contributed by atoms with van der Waals surface area (Å²) < 4.78 is 26.1. The summed E-state index contributed by atoms with van der Waals surface area (Å²) in [5.41, 5.74) is -0.533. The van der Waals surface area contributed by atoms with Crippen LogP contribution in [0.1, 0.15) is 47.9 Å². The zero-order chi connectivity index (χ0) is 48.3. The molecule has 6 aliphatic rings. The van der Waals surface area contributed by atoms with Gasteiger partial charge in [-0.15, -0.1) is 0 Å². The molecule has 2 unspecified atom stereocenters. The molecule has 0 aliphatic carbocycles. The van der Waals surface area contributed by atoms with E-state index in [1.165, 1.54) is 0 Å². The van der Waals surface area contributed by atoms with Gasteiger partial charge in [0.15, 0.2) is 23.4 Å². The molecule has 0 amide bonds. The van der Waals surface area contributed by atoms with Crippen LogP contribution in [0.15, 0.2) is 182 Å². The fourth-order valence-electron chi connectivity index (χ4n) is 11.4. The summed E-state index contributed by atoms with van der Waals surface area (Å²) in [6, 6.07) is 57.4. The molecule has 12 rings (SSSR count). The summed E-state index contributed by atoms with van der Waals surface area (Å²) in [6.07, 6.45) is 4.12. The molecule has 72 heavy (non-hydrogen) atoms. The fourth-order valence-corrected chi connectivity index (χ4v) is 11.4. The zero-order valence-electron chi connectivity index (χ0n) is 40.9. The zero-order valence-corrected chi connectivity index (χ0v) is 44.1. The van der Waals surface area contributed by atoms with Crippen LogP contribution in [0.25, 0.3) is 0 Å². The van der Waals surface area contributed by atoms with Crippen LogP contribution in [0.4, 0.5) is 0 Å². The van der Waals surface area contributed by atoms with Gasteiger partial charge < -0.3 is 72.1 Å². The van der Waals surface area contributed by atoms with Gasteiger partial charge in [-0.25, -0.2) is 9.59 Å². The van der Waals surface area contributed by atoms with Gasteiger partial charge in [-0.2, -0.15) is 0 Å². The van der Waals surface area contributed by atoms with E-state index in [9.17, 15) is 19.8 Å². The molecule has 6 aliphatic heterocycles. The average Bonchev–Trinajstić information content (AvgIpc) is 3.41. The van der Waals surface area contributed by atoms with Gasteiger partial charge in [0.05, 0.1) is 26.2 Å². The largest absolute Gasteiger partial charge is 1.00 e. The van der Waals surface area contributed by atoms with Crippen molar-refractivity contribution in [3.63, 3.8) is 0 Å². The first-order chi connectivity index (χ1) is 34.1. The lowest BCUT2D eigenvalue weighted by Crippen LogP contribution is -3.00. The Morgan fingerprint density at radius 3 is 1.06 bits per heavy atom. The second-order valence-corrected chi connectivity index (χ2v) is 20.1. The van der Waals surface area contributed by atoms with Crippen LogP contribution >= 0.6 is 0 Å². The molecule has 6 aromatic rings. The van der Waals surface area contributed by atoms with E-state index in [0.29, 0.717) is 36.2 Å². The Labute approximate surface area is 446 Å². The number of hydrogen-bond acceptors (Lipinski definition) is 8. The summed E-state index contributed by atoms with van der Waals surface area (Å²) in [6.45, 7) is 8.97. The maximum Gasteiger partial charge on any atom is 0.343 e. The van der Waals surface area contributed by atoms with Crippen LogP contribution in [0.3, 0.4) is 0 Å². The minimum atomic E-state index is -1.73. The van der Waals surface area contributed by atoms with E-state index in [1.807, 2.05) is 158 Å². The van der Waals surface area contributed by atoms with Crippen molar-refractivity contribution in [2.45, 2.75) is 61.9 Å². The first-order valence-electron chi connectivity index (χ1n) is 25.2. The molecular weight excluding hydrogens is 1040 g/mol. The van der Waals surface area contributed by atoms with Crippen LogP contribution in [0.2, 0.25) is 0 Å². The molecule has 0 spiro atoms. The van der Waals surface area contributed by atoms with E-state index in [2.05, 4.69) is 0 Å². The number of ether oxygens (including phenoxy) is 4. The molecule has 6 heterocycles. The monoisotopic (exact) mass is 1100 g/mol. The lowest BCUT2D eigenvalue weighted by atomic mass is 9.82. The van der Waals surface area contributed by atoms with Crippen LogP contribution in [-0.2, 0) is 43.1 Å². The molecule has 6 aromatic carbocycles. The summed E-state index contributed by atoms with van der Waals surface area (Å²) in [5, 5.41) is 23.5. The first-order valence-corrected chi connectivity index (χ1v) is 25.2. The van der Waals surface area contributed by atoms with Gasteiger partial charge >= 0.3 is 11.9 Å². The molecule has 12 heteroatoms. The number of piperidine rings is 6. The van der Waals surface area contributed by atoms with Gasteiger partial charge in [0.25, 0.3) is 0 Å². The SMILES string of the molecule is O=C(O[C@H]1C[N+]2(CCOc3ccccc3)CCC1CC2)C(O)(Cc1ccccc1)c1ccccc1.O=C(O[C@H]1C[N+]2(CCOc3ccccc3)CCC1CC2)C(O)(Cc1ccccc1)c1ccccc1.[Br-].[Br-]. The highest BCUT2D eigenvalue weighted by Crippen LogP contribution is 2.39.